The summed E-state index contributed by atoms with van der Waals surface area (Å²) in [4.78, 5) is 11.9. The average molecular weight is 384 g/mol. The number of carbonyl (C=O) groups is 1. The molecule has 140 valence electrons. The molecule has 0 saturated carbocycles. The number of hydrogen-bond acceptors (Lipinski definition) is 6. The van der Waals surface area contributed by atoms with Gasteiger partial charge in [0.25, 0.3) is 5.22 Å². The van der Waals surface area contributed by atoms with Crippen molar-refractivity contribution in [3.8, 4) is 5.75 Å². The molecule has 0 aliphatic rings. The summed E-state index contributed by atoms with van der Waals surface area (Å²) in [6.45, 7) is 5.75. The molecule has 1 aromatic heterocycles. The van der Waals surface area contributed by atoms with Crippen LogP contribution in [0.15, 0.2) is 50.9 Å². The molecule has 0 unspecified atom stereocenters. The third-order valence-electron chi connectivity index (χ3n) is 3.73. The van der Waals surface area contributed by atoms with Crippen LogP contribution in [0.2, 0.25) is 0 Å². The lowest BCUT2D eigenvalue weighted by Gasteiger charge is -2.15. The summed E-state index contributed by atoms with van der Waals surface area (Å²) in [5.74, 6) is 0.0266. The van der Waals surface area contributed by atoms with Crippen molar-refractivity contribution in [3.05, 3.63) is 52.8 Å². The van der Waals surface area contributed by atoms with E-state index in [-0.39, 0.29) is 16.2 Å². The first kappa shape index (κ1) is 19.0. The predicted molar refractivity (Wildman–Crippen MR) is 105 cm³/mol. The normalized spacial score (nSPS) is 11.9. The molecule has 0 fully saturated rings. The van der Waals surface area contributed by atoms with Gasteiger partial charge in [-0.3, -0.25) is 0 Å². The van der Waals surface area contributed by atoms with Crippen molar-refractivity contribution in [1.82, 2.24) is 10.2 Å². The molecule has 1 N–H and O–H groups in total. The van der Waals surface area contributed by atoms with Crippen LogP contribution in [0.4, 0.5) is 0 Å². The van der Waals surface area contributed by atoms with E-state index >= 15 is 0 Å². The first-order valence-electron chi connectivity index (χ1n) is 8.61. The second kappa shape index (κ2) is 8.26. The zero-order chi connectivity index (χ0) is 19.4. The van der Waals surface area contributed by atoms with E-state index in [2.05, 4.69) is 10.2 Å². The van der Waals surface area contributed by atoms with Crippen LogP contribution in [0, 0.1) is 0 Å². The molecule has 0 aliphatic carbocycles. The van der Waals surface area contributed by atoms with E-state index in [4.69, 9.17) is 9.15 Å². The number of aromatic nitrogens is 2. The molecule has 0 saturated heterocycles. The van der Waals surface area contributed by atoms with Crippen LogP contribution in [0.3, 0.4) is 0 Å². The molecule has 0 atom stereocenters. The molecule has 2 aromatic carbocycles. The van der Waals surface area contributed by atoms with Crippen molar-refractivity contribution in [1.29, 1.82) is 0 Å². The number of rotatable bonds is 7. The number of aryl methyl sites for hydroxylation is 1. The Labute approximate surface area is 161 Å². The number of thioether (sulfide) groups is 1. The minimum atomic E-state index is -1.07. The van der Waals surface area contributed by atoms with E-state index in [1.165, 1.54) is 0 Å². The molecule has 1 heterocycles. The minimum absolute atomic E-state index is 0.0395. The maximum absolute atomic E-state index is 11.8. The van der Waals surface area contributed by atoms with Gasteiger partial charge in [0.15, 0.2) is 0 Å². The van der Waals surface area contributed by atoms with Gasteiger partial charge in [0.1, 0.15) is 10.7 Å². The molecule has 6 nitrogen and oxygen atoms in total. The predicted octanol–water partition coefficient (Wildman–Crippen LogP) is 4.79. The molecule has 3 aromatic rings. The van der Waals surface area contributed by atoms with Gasteiger partial charge in [-0.05, 0) is 48.5 Å². The Balaban J connectivity index is 2.10. The van der Waals surface area contributed by atoms with Crippen LogP contribution in [0.1, 0.15) is 32.2 Å². The minimum Gasteiger partial charge on any atom is -0.490 e. The summed E-state index contributed by atoms with van der Waals surface area (Å²) in [5, 5.41) is 19.6. The molecule has 0 bridgehead atoms. The fourth-order valence-corrected chi connectivity index (χ4v) is 3.24. The molecule has 7 heteroatoms. The summed E-state index contributed by atoms with van der Waals surface area (Å²) in [7, 11) is 0. The number of hydrogen-bond donors (Lipinski definition) is 1. The number of carboxylic acid groups (broad SMARTS) is 1. The van der Waals surface area contributed by atoms with Crippen molar-refractivity contribution >= 4 is 34.6 Å². The zero-order valence-corrected chi connectivity index (χ0v) is 16.1. The van der Waals surface area contributed by atoms with Gasteiger partial charge < -0.3 is 14.3 Å². The number of benzene rings is 2. The van der Waals surface area contributed by atoms with Crippen LogP contribution in [-0.4, -0.2) is 27.4 Å². The quantitative estimate of drug-likeness (QED) is 0.463. The van der Waals surface area contributed by atoms with E-state index in [1.807, 2.05) is 57.2 Å². The van der Waals surface area contributed by atoms with Gasteiger partial charge in [-0.25, -0.2) is 4.79 Å². The van der Waals surface area contributed by atoms with E-state index in [0.29, 0.717) is 23.6 Å². The zero-order valence-electron chi connectivity index (χ0n) is 15.3. The highest BCUT2D eigenvalue weighted by atomic mass is 32.2. The van der Waals surface area contributed by atoms with Gasteiger partial charge >= 0.3 is 5.97 Å². The third-order valence-corrected chi connectivity index (χ3v) is 4.58. The van der Waals surface area contributed by atoms with Crippen molar-refractivity contribution in [2.75, 3.05) is 0 Å². The maximum Gasteiger partial charge on any atom is 0.342 e. The van der Waals surface area contributed by atoms with Crippen LogP contribution >= 0.6 is 11.8 Å². The highest BCUT2D eigenvalue weighted by Gasteiger charge is 2.17. The van der Waals surface area contributed by atoms with Gasteiger partial charge in [-0.1, -0.05) is 37.3 Å². The lowest BCUT2D eigenvalue weighted by molar-refractivity contribution is -0.131. The van der Waals surface area contributed by atoms with Crippen LogP contribution in [0.5, 0.6) is 5.75 Å². The molecule has 0 amide bonds. The van der Waals surface area contributed by atoms with E-state index in [0.717, 1.165) is 22.5 Å². The second-order valence-electron chi connectivity index (χ2n) is 6.10. The first-order chi connectivity index (χ1) is 13.0. The molecular weight excluding hydrogens is 364 g/mol. The fourth-order valence-electron chi connectivity index (χ4n) is 2.56. The second-order valence-corrected chi connectivity index (χ2v) is 7.09. The summed E-state index contributed by atoms with van der Waals surface area (Å²) in [6.07, 6.45) is 2.15. The Morgan fingerprint density at radius 1 is 1.26 bits per heavy atom. The molecule has 0 radical (unpaired) electrons. The lowest BCUT2D eigenvalue weighted by atomic mass is 10.0. The van der Waals surface area contributed by atoms with Crippen LogP contribution < -0.4 is 4.74 Å². The molecular formula is C20H20N2O4S. The van der Waals surface area contributed by atoms with E-state index in [1.54, 1.807) is 6.08 Å². The number of ether oxygens (including phenoxy) is 1. The lowest BCUT2D eigenvalue weighted by Crippen LogP contribution is -2.07. The fraction of sp³-hybridized carbons (Fsp3) is 0.250. The SMILES string of the molecule is CCc1nnc(S/C(=C\c2c(OC(C)C)ccc3ccccc23)C(=O)O)o1. The molecule has 0 spiro atoms. The summed E-state index contributed by atoms with van der Waals surface area (Å²) in [5.41, 5.74) is 0.710. The monoisotopic (exact) mass is 384 g/mol. The third kappa shape index (κ3) is 4.49. The first-order valence-corrected chi connectivity index (χ1v) is 9.43. The Hall–Kier alpha value is -2.80. The van der Waals surface area contributed by atoms with Gasteiger partial charge in [0.05, 0.1) is 6.10 Å². The number of aliphatic carboxylic acids is 1. The Bertz CT molecular complexity index is 995. The van der Waals surface area contributed by atoms with Crippen molar-refractivity contribution in [2.45, 2.75) is 38.5 Å². The Morgan fingerprint density at radius 3 is 2.70 bits per heavy atom. The van der Waals surface area contributed by atoms with Crippen LogP contribution in [-0.2, 0) is 11.2 Å². The van der Waals surface area contributed by atoms with Crippen molar-refractivity contribution in [2.24, 2.45) is 0 Å². The van der Waals surface area contributed by atoms with Gasteiger partial charge in [-0.2, -0.15) is 0 Å². The number of carboxylic acids is 1. The van der Waals surface area contributed by atoms with Crippen molar-refractivity contribution in [3.63, 3.8) is 0 Å². The van der Waals surface area contributed by atoms with Crippen molar-refractivity contribution < 1.29 is 19.1 Å². The maximum atomic E-state index is 11.8. The topological polar surface area (TPSA) is 85.5 Å². The van der Waals surface area contributed by atoms with E-state index < -0.39 is 5.97 Å². The highest BCUT2D eigenvalue weighted by Crippen LogP contribution is 2.34. The summed E-state index contributed by atoms with van der Waals surface area (Å²) < 4.78 is 11.3. The smallest absolute Gasteiger partial charge is 0.342 e. The molecule has 0 aliphatic heterocycles. The van der Waals surface area contributed by atoms with Gasteiger partial charge in [0, 0.05) is 12.0 Å². The Kier molecular flexibility index (Phi) is 5.81. The highest BCUT2D eigenvalue weighted by molar-refractivity contribution is 8.03. The van der Waals surface area contributed by atoms with Gasteiger partial charge in [0.2, 0.25) is 5.89 Å². The summed E-state index contributed by atoms with van der Waals surface area (Å²) >= 11 is 0.930. The summed E-state index contributed by atoms with van der Waals surface area (Å²) in [6, 6.07) is 11.6. The van der Waals surface area contributed by atoms with Gasteiger partial charge in [-0.15, -0.1) is 10.2 Å². The molecule has 27 heavy (non-hydrogen) atoms. The number of nitrogens with zero attached hydrogens (tertiary/aromatic N) is 2. The standard InChI is InChI=1S/C20H20N2O4S/c1-4-18-21-22-20(26-18)27-17(19(23)24)11-15-14-8-6-5-7-13(14)9-10-16(15)25-12(2)3/h5-12H,4H2,1-3H3,(H,23,24)/b17-11-. The number of fused-ring (bicyclic) bond motifs is 1. The average Bonchev–Trinajstić information content (AvgIpc) is 3.10. The Morgan fingerprint density at radius 2 is 2.04 bits per heavy atom. The molecule has 3 rings (SSSR count). The largest absolute Gasteiger partial charge is 0.490 e. The van der Waals surface area contributed by atoms with Crippen LogP contribution in [0.25, 0.3) is 16.8 Å². The van der Waals surface area contributed by atoms with E-state index in [9.17, 15) is 9.90 Å².